The summed E-state index contributed by atoms with van der Waals surface area (Å²) in [6.07, 6.45) is 18.4. The lowest BCUT2D eigenvalue weighted by molar-refractivity contribution is 0.398. The summed E-state index contributed by atoms with van der Waals surface area (Å²) in [5.74, 6) is 0. The summed E-state index contributed by atoms with van der Waals surface area (Å²) in [6, 6.07) is 119. The van der Waals surface area contributed by atoms with Crippen molar-refractivity contribution in [1.82, 2.24) is 0 Å². The fourth-order valence-corrected chi connectivity index (χ4v) is 22.8. The topological polar surface area (TPSA) is 9.72 Å². The molecule has 0 radical (unpaired) electrons. The zero-order chi connectivity index (χ0) is 83.2. The van der Waals surface area contributed by atoms with Gasteiger partial charge in [0.25, 0.3) is 0 Å². The van der Waals surface area contributed by atoms with Crippen molar-refractivity contribution < 1.29 is 0 Å². The Bertz CT molecular complexity index is 6090. The van der Waals surface area contributed by atoms with Crippen molar-refractivity contribution in [2.75, 3.05) is 14.7 Å². The minimum absolute atomic E-state index is 0.0218. The molecule has 5 heterocycles. The van der Waals surface area contributed by atoms with Gasteiger partial charge in [-0.25, -0.2) is 0 Å². The molecule has 8 heteroatoms. The third-order valence-electron chi connectivity index (χ3n) is 24.7. The number of fused-ring (bicyclic) bond motifs is 3. The van der Waals surface area contributed by atoms with Gasteiger partial charge in [0.05, 0.1) is 0 Å². The van der Waals surface area contributed by atoms with Gasteiger partial charge in [-0.3, -0.25) is 0 Å². The molecule has 0 atom stereocenters. The van der Waals surface area contributed by atoms with Gasteiger partial charge in [0.1, 0.15) is 0 Å². The number of benzene rings is 11. The third kappa shape index (κ3) is 18.3. The van der Waals surface area contributed by atoms with Gasteiger partial charge in [-0.2, -0.15) is 0 Å². The molecule has 121 heavy (non-hydrogen) atoms. The summed E-state index contributed by atoms with van der Waals surface area (Å²) in [6.45, 7) is 22.8. The molecular weight excluding hydrogens is 1560 g/mol. The van der Waals surface area contributed by atoms with Crippen LogP contribution in [-0.4, -0.2) is 0 Å². The molecule has 0 bridgehead atoms. The van der Waals surface area contributed by atoms with Crippen LogP contribution in [0.2, 0.25) is 0 Å². The number of nitrogens with zero attached hydrogens (tertiary/aromatic N) is 3. The van der Waals surface area contributed by atoms with Gasteiger partial charge in [-0.1, -0.05) is 289 Å². The summed E-state index contributed by atoms with van der Waals surface area (Å²) in [5.41, 5.74) is 29.8. The highest BCUT2D eigenvalue weighted by molar-refractivity contribution is 7.27. The first-order chi connectivity index (χ1) is 58.9. The van der Waals surface area contributed by atoms with Crippen molar-refractivity contribution in [3.05, 3.63) is 354 Å². The molecule has 0 saturated heterocycles. The van der Waals surface area contributed by atoms with Gasteiger partial charge < -0.3 is 14.7 Å². The Morgan fingerprint density at radius 2 is 0.521 bits per heavy atom. The van der Waals surface area contributed by atoms with Gasteiger partial charge in [-0.05, 0) is 285 Å². The van der Waals surface area contributed by atoms with Crippen LogP contribution in [0, 0.1) is 13.8 Å². The highest BCUT2D eigenvalue weighted by Gasteiger charge is 2.43. The molecule has 0 saturated carbocycles. The zero-order valence-corrected chi connectivity index (χ0v) is 76.0. The Hall–Kier alpha value is -10.7. The van der Waals surface area contributed by atoms with Crippen molar-refractivity contribution >= 4 is 108 Å². The number of hydrogen-bond donors (Lipinski definition) is 0. The predicted molar refractivity (Wildman–Crippen MR) is 532 cm³/mol. The lowest BCUT2D eigenvalue weighted by Gasteiger charge is -2.33. The fourth-order valence-electron chi connectivity index (χ4n) is 17.8. The van der Waals surface area contributed by atoms with E-state index < -0.39 is 0 Å². The molecule has 0 N–H and O–H groups in total. The lowest BCUT2D eigenvalue weighted by Crippen LogP contribution is -2.25. The monoisotopic (exact) mass is 1670 g/mol. The zero-order valence-electron chi connectivity index (χ0n) is 71.9. The first-order valence-corrected chi connectivity index (χ1v) is 48.1. The highest BCUT2D eigenvalue weighted by atomic mass is 32.1. The quantitative estimate of drug-likeness (QED) is 0.0401. The molecule has 0 spiro atoms. The van der Waals surface area contributed by atoms with Crippen molar-refractivity contribution in [3.63, 3.8) is 0 Å². The molecular formula is C113H111N3S5. The van der Waals surface area contributed by atoms with Crippen LogP contribution < -0.4 is 14.7 Å². The maximum absolute atomic E-state index is 2.63. The smallest absolute Gasteiger partial charge is 0.0462 e. The molecule has 3 nitrogen and oxygen atoms in total. The summed E-state index contributed by atoms with van der Waals surface area (Å²) in [4.78, 5) is 18.9. The first kappa shape index (κ1) is 82.6. The Morgan fingerprint density at radius 3 is 0.868 bits per heavy atom. The normalized spacial score (nSPS) is 12.4. The summed E-state index contributed by atoms with van der Waals surface area (Å²) < 4.78 is 0. The number of rotatable bonds is 31. The second-order valence-electron chi connectivity index (χ2n) is 35.3. The standard InChI is InChI=1S/C113H111N3S5/c1-11-13-15-17-19-21-73-113(74-22-20-18-16-14-12-2)100-76-79(4)27-63-98(100)99-64-40-86(77-101(99)113)104-67-70-108(120-104)107-68-65-102(118-107)84-38-57-95(58-39-84)116(97-61-43-88(44-62-97)112(8,9)10)93-53-34-83(35-54-93)82-32-51-92(52-33-82)115(96-59-41-87(42-60-96)111(5,6)7)91-49-30-81(31-50-91)80-28-47-90(48-29-80)114(89-45-25-78(3)26-46-89)94-55-36-85(37-56-94)103-66-69-109(119-103)110-72-71-106(121-110)105-24-23-75-117-105/h23-72,75-77H,11-22,73-74H2,1-10H3. The van der Waals surface area contributed by atoms with E-state index in [0.717, 1.165) is 73.4 Å². The van der Waals surface area contributed by atoms with Crippen LogP contribution in [0.5, 0.6) is 0 Å². The van der Waals surface area contributed by atoms with Gasteiger partial charge in [0.15, 0.2) is 0 Å². The number of aryl methyl sites for hydroxylation is 2. The van der Waals surface area contributed by atoms with Crippen LogP contribution in [0.4, 0.5) is 51.2 Å². The summed E-state index contributed by atoms with van der Waals surface area (Å²) >= 11 is 9.36. The average Bonchev–Trinajstić information content (AvgIpc) is 1.56. The van der Waals surface area contributed by atoms with Crippen LogP contribution in [-0.2, 0) is 16.2 Å². The molecule has 0 amide bonds. The first-order valence-electron chi connectivity index (χ1n) is 43.9. The number of hydrogen-bond acceptors (Lipinski definition) is 8. The van der Waals surface area contributed by atoms with E-state index in [1.54, 1.807) is 22.5 Å². The minimum atomic E-state index is 0.0218. The number of anilines is 9. The molecule has 1 aliphatic rings. The van der Waals surface area contributed by atoms with E-state index in [4.69, 9.17) is 0 Å². The largest absolute Gasteiger partial charge is 0.311 e. The molecule has 0 unspecified atom stereocenters. The molecule has 608 valence electrons. The van der Waals surface area contributed by atoms with Crippen LogP contribution >= 0.6 is 56.7 Å². The van der Waals surface area contributed by atoms with E-state index in [-0.39, 0.29) is 16.2 Å². The van der Waals surface area contributed by atoms with E-state index in [2.05, 4.69) is 405 Å². The van der Waals surface area contributed by atoms with E-state index >= 15 is 0 Å². The molecule has 16 aromatic rings. The van der Waals surface area contributed by atoms with Crippen LogP contribution in [0.25, 0.3) is 94.0 Å². The van der Waals surface area contributed by atoms with Crippen molar-refractivity contribution in [2.24, 2.45) is 0 Å². The van der Waals surface area contributed by atoms with Crippen molar-refractivity contribution in [2.45, 2.75) is 175 Å². The van der Waals surface area contributed by atoms with Crippen molar-refractivity contribution in [1.29, 1.82) is 0 Å². The molecule has 5 aromatic heterocycles. The number of thiophene rings is 5. The SMILES string of the molecule is CCCCCCCCC1(CCCCCCCC)c2cc(C)ccc2-c2ccc(-c3ccc(-c4ccc(-c5ccc(N(c6ccc(-c7ccc(N(c8ccc(-c9ccc(N(c%10ccc(C)cc%10)c%10ccc(-c%11ccc(-c%12ccc(-c%13cccs%13)s%12)s%11)cc%10)cc9)cc8)c8ccc(C(C)(C)C)cc8)cc7)cc6)c6ccc(C(C)(C)C)cc6)cc5)s4)s3)cc21. The Kier molecular flexibility index (Phi) is 25.0. The lowest BCUT2D eigenvalue weighted by atomic mass is 9.70. The van der Waals surface area contributed by atoms with E-state index in [1.165, 1.54) is 184 Å². The van der Waals surface area contributed by atoms with E-state index in [0.29, 0.717) is 0 Å². The molecule has 17 rings (SSSR count). The third-order valence-corrected chi connectivity index (χ3v) is 30.6. The number of unbranched alkanes of at least 4 members (excludes halogenated alkanes) is 10. The molecule has 1 aliphatic carbocycles. The van der Waals surface area contributed by atoms with Gasteiger partial charge >= 0.3 is 0 Å². The summed E-state index contributed by atoms with van der Waals surface area (Å²) in [7, 11) is 0. The van der Waals surface area contributed by atoms with Crippen LogP contribution in [0.15, 0.2) is 321 Å². The van der Waals surface area contributed by atoms with Gasteiger partial charge in [-0.15, -0.1) is 56.7 Å². The van der Waals surface area contributed by atoms with Crippen LogP contribution in [0.1, 0.15) is 179 Å². The van der Waals surface area contributed by atoms with E-state index in [1.807, 2.05) is 45.3 Å². The van der Waals surface area contributed by atoms with Crippen LogP contribution in [0.3, 0.4) is 0 Å². The maximum atomic E-state index is 2.63. The van der Waals surface area contributed by atoms with Gasteiger partial charge in [0.2, 0.25) is 0 Å². The molecule has 0 fully saturated rings. The molecule has 0 aliphatic heterocycles. The average molecular weight is 1670 g/mol. The minimum Gasteiger partial charge on any atom is -0.311 e. The second-order valence-corrected chi connectivity index (χ2v) is 40.6. The van der Waals surface area contributed by atoms with Gasteiger partial charge in [0, 0.05) is 100 Å². The maximum Gasteiger partial charge on any atom is 0.0462 e. The Balaban J connectivity index is 0.602. The molecule has 11 aromatic carbocycles. The highest BCUT2D eigenvalue weighted by Crippen LogP contribution is 2.57. The predicted octanol–water partition coefficient (Wildman–Crippen LogP) is 36.7. The van der Waals surface area contributed by atoms with Crippen molar-refractivity contribution in [3.8, 4) is 94.0 Å². The Labute approximate surface area is 740 Å². The summed E-state index contributed by atoms with van der Waals surface area (Å²) in [5, 5.41) is 2.15. The second kappa shape index (κ2) is 36.6. The fraction of sp³-hybridized carbons (Fsp3) is 0.239. The Morgan fingerprint density at radius 1 is 0.248 bits per heavy atom. The van der Waals surface area contributed by atoms with E-state index in [9.17, 15) is 0 Å².